The van der Waals surface area contributed by atoms with Crippen molar-refractivity contribution in [1.29, 1.82) is 0 Å². The maximum atomic E-state index is 12.4. The number of alkyl halides is 3. The van der Waals surface area contributed by atoms with Crippen molar-refractivity contribution >= 4 is 0 Å². The summed E-state index contributed by atoms with van der Waals surface area (Å²) >= 11 is 0. The van der Waals surface area contributed by atoms with E-state index in [-0.39, 0.29) is 6.61 Å². The Labute approximate surface area is 101 Å². The number of aliphatic hydroxyl groups is 1. The van der Waals surface area contributed by atoms with Gasteiger partial charge in [-0.3, -0.25) is 4.68 Å². The summed E-state index contributed by atoms with van der Waals surface area (Å²) in [5.74, 6) is 0. The third-order valence-electron chi connectivity index (χ3n) is 2.73. The van der Waals surface area contributed by atoms with Gasteiger partial charge in [0.25, 0.3) is 0 Å². The number of benzene rings is 1. The molecule has 0 bridgehead atoms. The van der Waals surface area contributed by atoms with E-state index in [2.05, 4.69) is 5.10 Å². The average Bonchev–Trinajstić information content (AvgIpc) is 2.69. The van der Waals surface area contributed by atoms with E-state index >= 15 is 0 Å². The number of nitrogens with zero attached hydrogens (tertiary/aromatic N) is 2. The van der Waals surface area contributed by atoms with Gasteiger partial charge in [-0.15, -0.1) is 0 Å². The molecule has 0 aliphatic carbocycles. The van der Waals surface area contributed by atoms with Gasteiger partial charge < -0.3 is 5.11 Å². The second-order valence-electron chi connectivity index (χ2n) is 3.86. The minimum Gasteiger partial charge on any atom is -0.390 e. The first-order valence-corrected chi connectivity index (χ1v) is 5.23. The van der Waals surface area contributed by atoms with Gasteiger partial charge in [0.05, 0.1) is 24.1 Å². The van der Waals surface area contributed by atoms with Crippen LogP contribution in [0.1, 0.15) is 11.3 Å². The third kappa shape index (κ3) is 2.24. The molecule has 0 atom stereocenters. The van der Waals surface area contributed by atoms with Gasteiger partial charge in [-0.1, -0.05) is 12.1 Å². The lowest BCUT2D eigenvalue weighted by molar-refractivity contribution is -0.137. The molecule has 18 heavy (non-hydrogen) atoms. The van der Waals surface area contributed by atoms with Gasteiger partial charge in [0.15, 0.2) is 0 Å². The standard InChI is InChI=1S/C12H11F3N2O/c1-17-11(7-18)10(6-16-17)8-2-4-9(5-3-8)12(13,14)15/h2-6,18H,7H2,1H3. The Balaban J connectivity index is 2.40. The van der Waals surface area contributed by atoms with E-state index in [1.54, 1.807) is 7.05 Å². The minimum absolute atomic E-state index is 0.215. The van der Waals surface area contributed by atoms with E-state index in [1.165, 1.54) is 23.0 Å². The number of hydrogen-bond donors (Lipinski definition) is 1. The molecule has 1 N–H and O–H groups in total. The highest BCUT2D eigenvalue weighted by molar-refractivity contribution is 5.65. The molecule has 0 unspecified atom stereocenters. The lowest BCUT2D eigenvalue weighted by Gasteiger charge is -2.08. The monoisotopic (exact) mass is 256 g/mol. The van der Waals surface area contributed by atoms with Crippen LogP contribution in [0, 0.1) is 0 Å². The van der Waals surface area contributed by atoms with Gasteiger partial charge in [0.1, 0.15) is 0 Å². The number of rotatable bonds is 2. The molecule has 2 aromatic rings. The molecule has 2 rings (SSSR count). The average molecular weight is 256 g/mol. The normalized spacial score (nSPS) is 11.8. The van der Waals surface area contributed by atoms with Crippen LogP contribution in [-0.4, -0.2) is 14.9 Å². The quantitative estimate of drug-likeness (QED) is 0.896. The molecule has 0 aliphatic heterocycles. The fourth-order valence-electron chi connectivity index (χ4n) is 1.73. The minimum atomic E-state index is -4.34. The van der Waals surface area contributed by atoms with E-state index in [0.29, 0.717) is 16.8 Å². The summed E-state index contributed by atoms with van der Waals surface area (Å²) in [6.45, 7) is -0.215. The molecule has 1 heterocycles. The molecule has 1 aromatic heterocycles. The van der Waals surface area contributed by atoms with Crippen LogP contribution in [0.5, 0.6) is 0 Å². The number of halogens is 3. The molecule has 0 amide bonds. The van der Waals surface area contributed by atoms with Gasteiger partial charge in [-0.2, -0.15) is 18.3 Å². The van der Waals surface area contributed by atoms with Crippen LogP contribution in [0.3, 0.4) is 0 Å². The molecule has 1 aromatic carbocycles. The first kappa shape index (κ1) is 12.6. The molecule has 0 aliphatic rings. The van der Waals surface area contributed by atoms with E-state index in [9.17, 15) is 18.3 Å². The van der Waals surface area contributed by atoms with Crippen LogP contribution in [0.25, 0.3) is 11.1 Å². The van der Waals surface area contributed by atoms with Gasteiger partial charge >= 0.3 is 6.18 Å². The summed E-state index contributed by atoms with van der Waals surface area (Å²) in [4.78, 5) is 0. The molecular weight excluding hydrogens is 245 g/mol. The summed E-state index contributed by atoms with van der Waals surface area (Å²) in [5.41, 5.74) is 1.10. The van der Waals surface area contributed by atoms with Crippen molar-refractivity contribution < 1.29 is 18.3 Å². The van der Waals surface area contributed by atoms with Crippen LogP contribution >= 0.6 is 0 Å². The zero-order chi connectivity index (χ0) is 13.3. The first-order chi connectivity index (χ1) is 8.43. The van der Waals surface area contributed by atoms with Crippen molar-refractivity contribution in [3.05, 3.63) is 41.7 Å². The highest BCUT2D eigenvalue weighted by atomic mass is 19.4. The molecule has 96 valence electrons. The Bertz CT molecular complexity index is 543. The fourth-order valence-corrected chi connectivity index (χ4v) is 1.73. The predicted octanol–water partition coefficient (Wildman–Crippen LogP) is 2.60. The highest BCUT2D eigenvalue weighted by Crippen LogP contribution is 2.31. The molecular formula is C12H11F3N2O. The molecule has 3 nitrogen and oxygen atoms in total. The first-order valence-electron chi connectivity index (χ1n) is 5.23. The largest absolute Gasteiger partial charge is 0.416 e. The molecule has 0 saturated heterocycles. The summed E-state index contributed by atoms with van der Waals surface area (Å²) in [6, 6.07) is 4.78. The molecule has 6 heteroatoms. The number of aromatic nitrogens is 2. The van der Waals surface area contributed by atoms with Crippen molar-refractivity contribution in [3.8, 4) is 11.1 Å². The Morgan fingerprint density at radius 2 is 1.83 bits per heavy atom. The smallest absolute Gasteiger partial charge is 0.390 e. The van der Waals surface area contributed by atoms with E-state index in [1.807, 2.05) is 0 Å². The summed E-state index contributed by atoms with van der Waals surface area (Å²) in [7, 11) is 1.67. The highest BCUT2D eigenvalue weighted by Gasteiger charge is 2.30. The molecule has 0 spiro atoms. The van der Waals surface area contributed by atoms with Crippen LogP contribution in [-0.2, 0) is 19.8 Å². The zero-order valence-electron chi connectivity index (χ0n) is 9.57. The third-order valence-corrected chi connectivity index (χ3v) is 2.73. The predicted molar refractivity (Wildman–Crippen MR) is 59.6 cm³/mol. The zero-order valence-corrected chi connectivity index (χ0v) is 9.57. The molecule has 0 fully saturated rings. The summed E-state index contributed by atoms with van der Waals surface area (Å²) in [6.07, 6.45) is -2.82. The van der Waals surface area contributed by atoms with Crippen molar-refractivity contribution in [2.75, 3.05) is 0 Å². The molecule has 0 saturated carbocycles. The number of hydrogen-bond acceptors (Lipinski definition) is 2. The SMILES string of the molecule is Cn1ncc(-c2ccc(C(F)(F)F)cc2)c1CO. The van der Waals surface area contributed by atoms with E-state index in [0.717, 1.165) is 12.1 Å². The Morgan fingerprint density at radius 1 is 1.22 bits per heavy atom. The van der Waals surface area contributed by atoms with Crippen molar-refractivity contribution in [2.45, 2.75) is 12.8 Å². The van der Waals surface area contributed by atoms with E-state index in [4.69, 9.17) is 0 Å². The lowest BCUT2D eigenvalue weighted by atomic mass is 10.0. The molecule has 0 radical (unpaired) electrons. The maximum absolute atomic E-state index is 12.4. The van der Waals surface area contributed by atoms with Crippen LogP contribution < -0.4 is 0 Å². The van der Waals surface area contributed by atoms with Crippen molar-refractivity contribution in [1.82, 2.24) is 9.78 Å². The van der Waals surface area contributed by atoms with Crippen LogP contribution in [0.15, 0.2) is 30.5 Å². The number of aryl methyl sites for hydroxylation is 1. The van der Waals surface area contributed by atoms with Gasteiger partial charge in [-0.25, -0.2) is 0 Å². The van der Waals surface area contributed by atoms with Crippen LogP contribution in [0.2, 0.25) is 0 Å². The Kier molecular flexibility index (Phi) is 3.13. The van der Waals surface area contributed by atoms with Gasteiger partial charge in [0.2, 0.25) is 0 Å². The van der Waals surface area contributed by atoms with E-state index < -0.39 is 11.7 Å². The summed E-state index contributed by atoms with van der Waals surface area (Å²) < 4.78 is 38.7. The lowest BCUT2D eigenvalue weighted by Crippen LogP contribution is -2.04. The second kappa shape index (κ2) is 4.45. The maximum Gasteiger partial charge on any atom is 0.416 e. The Morgan fingerprint density at radius 3 is 2.33 bits per heavy atom. The van der Waals surface area contributed by atoms with Crippen LogP contribution in [0.4, 0.5) is 13.2 Å². The van der Waals surface area contributed by atoms with Crippen molar-refractivity contribution in [3.63, 3.8) is 0 Å². The summed E-state index contributed by atoms with van der Waals surface area (Å²) in [5, 5.41) is 13.2. The number of aliphatic hydroxyl groups excluding tert-OH is 1. The van der Waals surface area contributed by atoms with Gasteiger partial charge in [-0.05, 0) is 17.7 Å². The second-order valence-corrected chi connectivity index (χ2v) is 3.86. The topological polar surface area (TPSA) is 38.0 Å². The fraction of sp³-hybridized carbons (Fsp3) is 0.250. The Hall–Kier alpha value is -1.82. The van der Waals surface area contributed by atoms with Gasteiger partial charge in [0, 0.05) is 12.6 Å². The van der Waals surface area contributed by atoms with Crippen molar-refractivity contribution in [2.24, 2.45) is 7.05 Å².